The summed E-state index contributed by atoms with van der Waals surface area (Å²) in [6, 6.07) is 12.3. The van der Waals surface area contributed by atoms with Crippen LogP contribution in [0.4, 0.5) is 13.2 Å². The molecule has 2 saturated carbocycles. The van der Waals surface area contributed by atoms with Crippen LogP contribution in [0.15, 0.2) is 61.1 Å². The van der Waals surface area contributed by atoms with Gasteiger partial charge in [0.15, 0.2) is 0 Å². The fourth-order valence-corrected chi connectivity index (χ4v) is 6.13. The van der Waals surface area contributed by atoms with Crippen molar-refractivity contribution >= 4 is 5.91 Å². The second kappa shape index (κ2) is 7.72. The molecule has 2 aliphatic rings. The topological polar surface area (TPSA) is 46.9 Å². The van der Waals surface area contributed by atoms with Crippen LogP contribution in [0.1, 0.15) is 56.1 Å². The Hall–Kier alpha value is -3.09. The number of carbonyl (C=O) groups excluding carboxylic acids is 1. The van der Waals surface area contributed by atoms with E-state index in [1.165, 1.54) is 31.1 Å². The molecule has 7 heteroatoms. The van der Waals surface area contributed by atoms with Gasteiger partial charge in [-0.25, -0.2) is 4.98 Å². The van der Waals surface area contributed by atoms with E-state index in [2.05, 4.69) is 31.1 Å². The lowest BCUT2D eigenvalue weighted by atomic mass is 9.69. The molecule has 0 unspecified atom stereocenters. The molecule has 0 saturated heterocycles. The highest BCUT2D eigenvalue weighted by molar-refractivity contribution is 5.93. The summed E-state index contributed by atoms with van der Waals surface area (Å²) in [5, 5.41) is 3.25. The first kappa shape index (κ1) is 22.7. The number of benzene rings is 2. The van der Waals surface area contributed by atoms with Gasteiger partial charge in [-0.3, -0.25) is 9.36 Å². The first-order chi connectivity index (χ1) is 16.0. The van der Waals surface area contributed by atoms with E-state index >= 15 is 0 Å². The van der Waals surface area contributed by atoms with Crippen molar-refractivity contribution in [3.8, 4) is 16.8 Å². The quantitative estimate of drug-likeness (QED) is 0.476. The van der Waals surface area contributed by atoms with Gasteiger partial charge in [0.2, 0.25) is 0 Å². The van der Waals surface area contributed by atoms with E-state index in [0.717, 1.165) is 18.9 Å². The lowest BCUT2D eigenvalue weighted by Gasteiger charge is -2.39. The van der Waals surface area contributed by atoms with E-state index in [1.807, 2.05) is 0 Å². The number of imidazole rings is 1. The van der Waals surface area contributed by atoms with Crippen LogP contribution in [0.2, 0.25) is 0 Å². The van der Waals surface area contributed by atoms with Crippen LogP contribution in [-0.4, -0.2) is 21.5 Å². The molecule has 0 radical (unpaired) electrons. The molecule has 3 aromatic rings. The predicted molar refractivity (Wildman–Crippen MR) is 124 cm³/mol. The molecule has 0 aliphatic heterocycles. The number of nitrogens with one attached hydrogen (secondary N) is 1. The molecule has 1 heterocycles. The number of aromatic nitrogens is 2. The molecular formula is C27H28F3N3O. The summed E-state index contributed by atoms with van der Waals surface area (Å²) < 4.78 is 42.3. The third-order valence-corrected chi connectivity index (χ3v) is 8.64. The number of halogens is 3. The Bertz CT molecular complexity index is 1250. The lowest BCUT2D eigenvalue weighted by Crippen LogP contribution is -2.47. The van der Waals surface area contributed by atoms with Gasteiger partial charge in [-0.1, -0.05) is 51.1 Å². The standard InChI is InChI=1S/C27H28F3N3O/c1-25(2)18-11-12-26(25,3)23(14-18)32-24(34)22-15-31-16-33(22)19-8-6-7-17(13-19)20-9-4-5-10-21(20)27(28,29)30/h4-10,13,15-16,18,23H,11-12,14H2,1-3H3,(H,32,34)/t18-,23+,26+/m0/s1. The van der Waals surface area contributed by atoms with Crippen LogP contribution < -0.4 is 5.32 Å². The molecule has 3 atom stereocenters. The Morgan fingerprint density at radius 3 is 2.56 bits per heavy atom. The third kappa shape index (κ3) is 3.44. The van der Waals surface area contributed by atoms with Crippen LogP contribution in [0.3, 0.4) is 0 Å². The average molecular weight is 468 g/mol. The van der Waals surface area contributed by atoms with Crippen LogP contribution in [0, 0.1) is 16.7 Å². The number of nitrogens with zero attached hydrogens (tertiary/aromatic N) is 2. The minimum Gasteiger partial charge on any atom is -0.347 e. The van der Waals surface area contributed by atoms with E-state index < -0.39 is 11.7 Å². The van der Waals surface area contributed by atoms with E-state index in [1.54, 1.807) is 34.9 Å². The van der Waals surface area contributed by atoms with E-state index in [9.17, 15) is 18.0 Å². The zero-order valence-corrected chi connectivity index (χ0v) is 19.5. The van der Waals surface area contributed by atoms with Gasteiger partial charge in [-0.05, 0) is 65.3 Å². The average Bonchev–Trinajstić information content (AvgIpc) is 3.42. The smallest absolute Gasteiger partial charge is 0.347 e. The Kier molecular flexibility index (Phi) is 5.15. The first-order valence-corrected chi connectivity index (χ1v) is 11.6. The molecule has 178 valence electrons. The van der Waals surface area contributed by atoms with Crippen molar-refractivity contribution < 1.29 is 18.0 Å². The number of fused-ring (bicyclic) bond motifs is 2. The SMILES string of the molecule is CC1(C)[C@H]2CC[C@]1(C)[C@H](NC(=O)c1cncn1-c1cccc(-c3ccccc3C(F)(F)F)c1)C2. The Labute approximate surface area is 197 Å². The summed E-state index contributed by atoms with van der Waals surface area (Å²) >= 11 is 0. The lowest BCUT2D eigenvalue weighted by molar-refractivity contribution is -0.137. The molecule has 2 bridgehead atoms. The zero-order valence-electron chi connectivity index (χ0n) is 19.5. The number of carbonyl (C=O) groups is 1. The van der Waals surface area contributed by atoms with Crippen molar-refractivity contribution in [1.82, 2.24) is 14.9 Å². The van der Waals surface area contributed by atoms with Crippen LogP contribution in [-0.2, 0) is 6.18 Å². The van der Waals surface area contributed by atoms with Crippen molar-refractivity contribution in [2.45, 2.75) is 52.3 Å². The fourth-order valence-electron chi connectivity index (χ4n) is 6.13. The predicted octanol–water partition coefficient (Wildman–Crippen LogP) is 6.50. The number of hydrogen-bond donors (Lipinski definition) is 1. The molecule has 1 N–H and O–H groups in total. The summed E-state index contributed by atoms with van der Waals surface area (Å²) in [5.41, 5.74) is 0.989. The minimum atomic E-state index is -4.46. The van der Waals surface area contributed by atoms with E-state index in [0.29, 0.717) is 22.9 Å². The molecule has 4 nitrogen and oxygen atoms in total. The zero-order chi connectivity index (χ0) is 24.3. The Morgan fingerprint density at radius 2 is 1.88 bits per heavy atom. The van der Waals surface area contributed by atoms with Gasteiger partial charge in [0.1, 0.15) is 5.69 Å². The molecule has 5 rings (SSSR count). The second-order valence-electron chi connectivity index (χ2n) is 10.4. The summed E-state index contributed by atoms with van der Waals surface area (Å²) in [6.07, 6.45) is 1.82. The van der Waals surface area contributed by atoms with Gasteiger partial charge in [0.25, 0.3) is 5.91 Å². The maximum Gasteiger partial charge on any atom is 0.417 e. The number of alkyl halides is 3. The highest BCUT2D eigenvalue weighted by Crippen LogP contribution is 2.65. The first-order valence-electron chi connectivity index (χ1n) is 11.6. The molecule has 2 aliphatic carbocycles. The van der Waals surface area contributed by atoms with Gasteiger partial charge in [-0.2, -0.15) is 13.2 Å². The van der Waals surface area contributed by atoms with Gasteiger partial charge in [-0.15, -0.1) is 0 Å². The van der Waals surface area contributed by atoms with Crippen LogP contribution in [0.5, 0.6) is 0 Å². The van der Waals surface area contributed by atoms with E-state index in [4.69, 9.17) is 0 Å². The fraction of sp³-hybridized carbons (Fsp3) is 0.407. The van der Waals surface area contributed by atoms with Crippen LogP contribution in [0.25, 0.3) is 16.8 Å². The summed E-state index contributed by atoms with van der Waals surface area (Å²) in [7, 11) is 0. The Balaban J connectivity index is 1.45. The Morgan fingerprint density at radius 1 is 1.12 bits per heavy atom. The molecule has 0 spiro atoms. The third-order valence-electron chi connectivity index (χ3n) is 8.64. The van der Waals surface area contributed by atoms with Gasteiger partial charge in [0.05, 0.1) is 18.1 Å². The summed E-state index contributed by atoms with van der Waals surface area (Å²) in [6.45, 7) is 6.86. The van der Waals surface area contributed by atoms with Gasteiger partial charge >= 0.3 is 6.18 Å². The number of rotatable bonds is 4. The molecular weight excluding hydrogens is 439 g/mol. The van der Waals surface area contributed by atoms with Crippen molar-refractivity contribution in [3.63, 3.8) is 0 Å². The highest BCUT2D eigenvalue weighted by atomic mass is 19.4. The minimum absolute atomic E-state index is 0.0411. The summed E-state index contributed by atoms with van der Waals surface area (Å²) in [4.78, 5) is 17.5. The van der Waals surface area contributed by atoms with Crippen molar-refractivity contribution in [2.24, 2.45) is 16.7 Å². The molecule has 1 aromatic heterocycles. The maximum atomic E-state index is 13.6. The maximum absolute atomic E-state index is 13.6. The van der Waals surface area contributed by atoms with Gasteiger partial charge in [0, 0.05) is 11.7 Å². The highest BCUT2D eigenvalue weighted by Gasteiger charge is 2.61. The normalized spacial score (nSPS) is 25.5. The van der Waals surface area contributed by atoms with Crippen molar-refractivity contribution in [1.29, 1.82) is 0 Å². The molecule has 34 heavy (non-hydrogen) atoms. The monoisotopic (exact) mass is 467 g/mol. The van der Waals surface area contributed by atoms with E-state index in [-0.39, 0.29) is 28.3 Å². The largest absolute Gasteiger partial charge is 0.417 e. The van der Waals surface area contributed by atoms with Crippen molar-refractivity contribution in [3.05, 3.63) is 72.3 Å². The second-order valence-corrected chi connectivity index (χ2v) is 10.4. The molecule has 1 amide bonds. The number of hydrogen-bond acceptors (Lipinski definition) is 2. The number of amides is 1. The molecule has 2 fully saturated rings. The summed E-state index contributed by atoms with van der Waals surface area (Å²) in [5.74, 6) is 0.381. The van der Waals surface area contributed by atoms with Crippen LogP contribution >= 0.6 is 0 Å². The van der Waals surface area contributed by atoms with Crippen molar-refractivity contribution in [2.75, 3.05) is 0 Å². The molecule has 2 aromatic carbocycles. The van der Waals surface area contributed by atoms with Gasteiger partial charge < -0.3 is 5.32 Å².